The number of nitriles is 1. The van der Waals surface area contributed by atoms with Gasteiger partial charge < -0.3 is 14.8 Å². The summed E-state index contributed by atoms with van der Waals surface area (Å²) in [6.45, 7) is 1.96. The molecule has 1 N–H and O–H groups in total. The van der Waals surface area contributed by atoms with Crippen molar-refractivity contribution in [3.8, 4) is 11.8 Å². The molecule has 6 nitrogen and oxygen atoms in total. The highest BCUT2D eigenvalue weighted by Crippen LogP contribution is 2.22. The number of carbonyl (C=O) groups is 1. The quantitative estimate of drug-likeness (QED) is 0.750. The van der Waals surface area contributed by atoms with Crippen molar-refractivity contribution in [2.75, 3.05) is 39.2 Å². The van der Waals surface area contributed by atoms with Crippen LogP contribution in [0.3, 0.4) is 0 Å². The van der Waals surface area contributed by atoms with E-state index in [1.54, 1.807) is 38.5 Å². The lowest BCUT2D eigenvalue weighted by atomic mass is 10.1. The van der Waals surface area contributed by atoms with E-state index in [9.17, 15) is 4.79 Å². The van der Waals surface area contributed by atoms with Gasteiger partial charge in [0.2, 0.25) is 5.91 Å². The maximum atomic E-state index is 12.5. The van der Waals surface area contributed by atoms with E-state index in [-0.39, 0.29) is 12.5 Å². The Hall–Kier alpha value is -2.88. The molecule has 2 aromatic carbocycles. The summed E-state index contributed by atoms with van der Waals surface area (Å²) in [6.07, 6.45) is 0. The van der Waals surface area contributed by atoms with Gasteiger partial charge in [-0.1, -0.05) is 24.3 Å². The Morgan fingerprint density at radius 2 is 1.88 bits per heavy atom. The third-order valence-electron chi connectivity index (χ3n) is 3.85. The third-order valence-corrected chi connectivity index (χ3v) is 3.85. The van der Waals surface area contributed by atoms with E-state index >= 15 is 0 Å². The second-order valence-corrected chi connectivity index (χ2v) is 5.76. The predicted molar refractivity (Wildman–Crippen MR) is 99.9 cm³/mol. The van der Waals surface area contributed by atoms with Crippen molar-refractivity contribution in [1.29, 1.82) is 5.26 Å². The van der Waals surface area contributed by atoms with Crippen LogP contribution < -0.4 is 10.1 Å². The summed E-state index contributed by atoms with van der Waals surface area (Å²) in [4.78, 5) is 14.4. The van der Waals surface area contributed by atoms with Crippen molar-refractivity contribution in [3.63, 3.8) is 0 Å². The highest BCUT2D eigenvalue weighted by atomic mass is 16.5. The molecule has 0 saturated carbocycles. The zero-order valence-corrected chi connectivity index (χ0v) is 15.1. The molecule has 0 heterocycles. The summed E-state index contributed by atoms with van der Waals surface area (Å²) in [5.74, 6) is 0.496. The lowest BCUT2D eigenvalue weighted by molar-refractivity contribution is -0.117. The molecule has 2 aromatic rings. The second kappa shape index (κ2) is 10.2. The average Bonchev–Trinajstić information content (AvgIpc) is 2.67. The predicted octanol–water partition coefficient (Wildman–Crippen LogP) is 2.65. The van der Waals surface area contributed by atoms with Crippen LogP contribution in [0.5, 0.6) is 5.75 Å². The number of methoxy groups -OCH3 is 2. The zero-order chi connectivity index (χ0) is 18.8. The number of hydrogen-bond acceptors (Lipinski definition) is 5. The largest absolute Gasteiger partial charge is 0.495 e. The summed E-state index contributed by atoms with van der Waals surface area (Å²) < 4.78 is 10.4. The Morgan fingerprint density at radius 3 is 2.54 bits per heavy atom. The van der Waals surface area contributed by atoms with Crippen molar-refractivity contribution in [1.82, 2.24) is 4.90 Å². The summed E-state index contributed by atoms with van der Waals surface area (Å²) in [5.41, 5.74) is 2.29. The minimum absolute atomic E-state index is 0.126. The first-order valence-electron chi connectivity index (χ1n) is 8.29. The molecule has 0 fully saturated rings. The molecule has 0 aliphatic heterocycles. The lowest BCUT2D eigenvalue weighted by Gasteiger charge is -2.22. The van der Waals surface area contributed by atoms with Crippen LogP contribution in [0.2, 0.25) is 0 Å². The molecule has 2 rings (SSSR count). The van der Waals surface area contributed by atoms with E-state index in [4.69, 9.17) is 14.7 Å². The summed E-state index contributed by atoms with van der Waals surface area (Å²) in [5, 5.41) is 11.8. The number of anilines is 1. The topological polar surface area (TPSA) is 74.6 Å². The summed E-state index contributed by atoms with van der Waals surface area (Å²) in [7, 11) is 3.20. The lowest BCUT2D eigenvalue weighted by Crippen LogP contribution is -2.35. The molecule has 0 radical (unpaired) electrons. The number of hydrogen-bond donors (Lipinski definition) is 1. The van der Waals surface area contributed by atoms with Gasteiger partial charge >= 0.3 is 0 Å². The number of benzene rings is 2. The number of carbonyl (C=O) groups excluding carboxylic acids is 1. The van der Waals surface area contributed by atoms with E-state index in [1.165, 1.54) is 0 Å². The third kappa shape index (κ3) is 5.88. The molecule has 0 aliphatic carbocycles. The van der Waals surface area contributed by atoms with E-state index in [1.807, 2.05) is 29.2 Å². The molecular weight excluding hydrogens is 330 g/mol. The highest BCUT2D eigenvalue weighted by Gasteiger charge is 2.13. The van der Waals surface area contributed by atoms with E-state index < -0.39 is 0 Å². The van der Waals surface area contributed by atoms with Gasteiger partial charge in [0.15, 0.2) is 0 Å². The Labute approximate surface area is 153 Å². The standard InChI is InChI=1S/C20H23N3O3/c1-25-12-11-23(14-17-9-7-16(13-21)8-10-17)15-20(24)22-18-5-3-4-6-19(18)26-2/h3-10H,11-12,14-15H2,1-2H3,(H,22,24). The Kier molecular flexibility index (Phi) is 7.62. The molecule has 0 bridgehead atoms. The highest BCUT2D eigenvalue weighted by molar-refractivity contribution is 5.93. The Morgan fingerprint density at radius 1 is 1.15 bits per heavy atom. The molecule has 0 aliphatic rings. The van der Waals surface area contributed by atoms with Crippen molar-refractivity contribution in [2.45, 2.75) is 6.54 Å². The van der Waals surface area contributed by atoms with Crippen LogP contribution in [0.25, 0.3) is 0 Å². The number of nitrogens with zero attached hydrogens (tertiary/aromatic N) is 2. The van der Waals surface area contributed by atoms with E-state index in [2.05, 4.69) is 11.4 Å². The smallest absolute Gasteiger partial charge is 0.238 e. The molecule has 0 atom stereocenters. The van der Waals surface area contributed by atoms with E-state index in [0.29, 0.717) is 36.7 Å². The monoisotopic (exact) mass is 353 g/mol. The van der Waals surface area contributed by atoms with Gasteiger partial charge in [-0.05, 0) is 29.8 Å². The maximum Gasteiger partial charge on any atom is 0.238 e. The van der Waals surface area contributed by atoms with Crippen LogP contribution in [0, 0.1) is 11.3 Å². The number of amides is 1. The van der Waals surface area contributed by atoms with Crippen molar-refractivity contribution >= 4 is 11.6 Å². The molecule has 136 valence electrons. The Balaban J connectivity index is 2.01. The number of rotatable bonds is 9. The first-order valence-corrected chi connectivity index (χ1v) is 8.29. The van der Waals surface area contributed by atoms with Gasteiger partial charge in [0.05, 0.1) is 37.6 Å². The fourth-order valence-corrected chi connectivity index (χ4v) is 2.52. The number of ether oxygens (including phenoxy) is 2. The minimum atomic E-state index is -0.126. The summed E-state index contributed by atoms with van der Waals surface area (Å²) >= 11 is 0. The molecule has 0 aromatic heterocycles. The van der Waals surface area contributed by atoms with Crippen molar-refractivity contribution in [3.05, 3.63) is 59.7 Å². The molecule has 6 heteroatoms. The number of para-hydroxylation sites is 2. The van der Waals surface area contributed by atoms with Crippen molar-refractivity contribution < 1.29 is 14.3 Å². The van der Waals surface area contributed by atoms with Gasteiger partial charge in [-0.25, -0.2) is 0 Å². The average molecular weight is 353 g/mol. The molecule has 0 unspecified atom stereocenters. The van der Waals surface area contributed by atoms with Crippen molar-refractivity contribution in [2.24, 2.45) is 0 Å². The normalized spacial score (nSPS) is 10.4. The minimum Gasteiger partial charge on any atom is -0.495 e. The fraction of sp³-hybridized carbons (Fsp3) is 0.300. The van der Waals surface area contributed by atoms with Crippen LogP contribution in [0.1, 0.15) is 11.1 Å². The maximum absolute atomic E-state index is 12.5. The number of nitrogens with one attached hydrogen (secondary N) is 1. The van der Waals surface area contributed by atoms with Crippen LogP contribution >= 0.6 is 0 Å². The first-order chi connectivity index (χ1) is 12.7. The SMILES string of the molecule is COCCN(CC(=O)Nc1ccccc1OC)Cc1ccc(C#N)cc1. The zero-order valence-electron chi connectivity index (χ0n) is 15.1. The van der Waals surface area contributed by atoms with E-state index in [0.717, 1.165) is 5.56 Å². The molecule has 1 amide bonds. The molecule has 26 heavy (non-hydrogen) atoms. The summed E-state index contributed by atoms with van der Waals surface area (Å²) in [6, 6.07) is 16.8. The molecule has 0 spiro atoms. The van der Waals surface area contributed by atoms with Gasteiger partial charge in [-0.15, -0.1) is 0 Å². The van der Waals surface area contributed by atoms with Crippen LogP contribution in [-0.2, 0) is 16.1 Å². The second-order valence-electron chi connectivity index (χ2n) is 5.76. The van der Waals surface area contributed by atoms with Gasteiger partial charge in [-0.2, -0.15) is 5.26 Å². The Bertz CT molecular complexity index is 754. The van der Waals surface area contributed by atoms with Gasteiger partial charge in [0.1, 0.15) is 5.75 Å². The molecule has 0 saturated heterocycles. The molecular formula is C20H23N3O3. The van der Waals surface area contributed by atoms with Gasteiger partial charge in [0, 0.05) is 20.2 Å². The van der Waals surface area contributed by atoms with Gasteiger partial charge in [-0.3, -0.25) is 9.69 Å². The van der Waals surface area contributed by atoms with Crippen LogP contribution in [0.4, 0.5) is 5.69 Å². The van der Waals surface area contributed by atoms with Crippen LogP contribution in [-0.4, -0.2) is 44.7 Å². The van der Waals surface area contributed by atoms with Gasteiger partial charge in [0.25, 0.3) is 0 Å². The first kappa shape index (κ1) is 19.4. The van der Waals surface area contributed by atoms with Crippen LogP contribution in [0.15, 0.2) is 48.5 Å². The fourth-order valence-electron chi connectivity index (χ4n) is 2.52.